The van der Waals surface area contributed by atoms with Crippen molar-refractivity contribution in [2.45, 2.75) is 64.1 Å². The van der Waals surface area contributed by atoms with Gasteiger partial charge >= 0.3 is 12.1 Å². The minimum atomic E-state index is -0.506. The van der Waals surface area contributed by atoms with Gasteiger partial charge in [0.1, 0.15) is 11.7 Å². The van der Waals surface area contributed by atoms with Crippen LogP contribution in [0.5, 0.6) is 0 Å². The lowest BCUT2D eigenvalue weighted by molar-refractivity contribution is -0.136. The molecular weight excluding hydrogens is 284 g/mol. The molecular formula is C16H22N2O4. The van der Waals surface area contributed by atoms with Crippen LogP contribution in [-0.2, 0) is 14.3 Å². The number of fused-ring (bicyclic) bond motifs is 2. The minimum Gasteiger partial charge on any atom is -0.447 e. The van der Waals surface area contributed by atoms with Crippen molar-refractivity contribution >= 4 is 12.1 Å². The fourth-order valence-electron chi connectivity index (χ4n) is 3.09. The molecule has 2 unspecified atom stereocenters. The topological polar surface area (TPSA) is 79.6 Å². The Morgan fingerprint density at radius 1 is 1.32 bits per heavy atom. The highest BCUT2D eigenvalue weighted by atomic mass is 16.6. The van der Waals surface area contributed by atoms with E-state index in [1.165, 1.54) is 6.08 Å². The third-order valence-corrected chi connectivity index (χ3v) is 3.82. The van der Waals surface area contributed by atoms with Gasteiger partial charge < -0.3 is 14.4 Å². The molecule has 2 fully saturated rings. The molecule has 0 spiro atoms. The molecule has 1 amide bonds. The summed E-state index contributed by atoms with van der Waals surface area (Å²) < 4.78 is 10.2. The van der Waals surface area contributed by atoms with Gasteiger partial charge in [-0.05, 0) is 46.5 Å². The average molecular weight is 306 g/mol. The maximum atomic E-state index is 12.3. The van der Waals surface area contributed by atoms with Gasteiger partial charge in [0.15, 0.2) is 6.61 Å². The van der Waals surface area contributed by atoms with Crippen LogP contribution >= 0.6 is 0 Å². The highest BCUT2D eigenvalue weighted by Crippen LogP contribution is 2.39. The molecule has 2 bridgehead atoms. The van der Waals surface area contributed by atoms with E-state index in [0.29, 0.717) is 12.8 Å². The zero-order valence-electron chi connectivity index (χ0n) is 13.3. The van der Waals surface area contributed by atoms with Crippen molar-refractivity contribution in [2.75, 3.05) is 6.61 Å². The molecule has 6 heteroatoms. The summed E-state index contributed by atoms with van der Waals surface area (Å²) >= 11 is 0. The van der Waals surface area contributed by atoms with E-state index < -0.39 is 11.6 Å². The van der Waals surface area contributed by atoms with Crippen molar-refractivity contribution in [3.63, 3.8) is 0 Å². The summed E-state index contributed by atoms with van der Waals surface area (Å²) in [6.45, 7) is 5.33. The number of carbonyl (C=O) groups is 2. The van der Waals surface area contributed by atoms with Crippen LogP contribution in [0.3, 0.4) is 0 Å². The van der Waals surface area contributed by atoms with Crippen molar-refractivity contribution in [2.24, 2.45) is 0 Å². The van der Waals surface area contributed by atoms with Gasteiger partial charge in [-0.25, -0.2) is 9.59 Å². The van der Waals surface area contributed by atoms with Gasteiger partial charge in [-0.3, -0.25) is 0 Å². The Bertz CT molecular complexity index is 511. The quantitative estimate of drug-likeness (QED) is 0.578. The Labute approximate surface area is 130 Å². The lowest BCUT2D eigenvalue weighted by Gasteiger charge is -2.37. The minimum absolute atomic E-state index is 0.0867. The Hall–Kier alpha value is -2.03. The Morgan fingerprint density at radius 2 is 1.91 bits per heavy atom. The van der Waals surface area contributed by atoms with Crippen molar-refractivity contribution in [3.8, 4) is 6.07 Å². The largest absolute Gasteiger partial charge is 0.447 e. The van der Waals surface area contributed by atoms with E-state index in [0.717, 1.165) is 18.4 Å². The zero-order valence-corrected chi connectivity index (χ0v) is 13.3. The summed E-state index contributed by atoms with van der Waals surface area (Å²) in [6, 6.07) is 1.94. The van der Waals surface area contributed by atoms with Crippen LogP contribution in [0.25, 0.3) is 0 Å². The van der Waals surface area contributed by atoms with Crippen LogP contribution in [-0.4, -0.2) is 41.3 Å². The number of amides is 1. The maximum absolute atomic E-state index is 12.3. The van der Waals surface area contributed by atoms with Gasteiger partial charge in [-0.1, -0.05) is 5.57 Å². The predicted octanol–water partition coefficient (Wildman–Crippen LogP) is 2.54. The van der Waals surface area contributed by atoms with Crippen LogP contribution < -0.4 is 0 Å². The summed E-state index contributed by atoms with van der Waals surface area (Å²) in [6.07, 6.45) is 4.37. The molecule has 0 N–H and O–H groups in total. The predicted molar refractivity (Wildman–Crippen MR) is 78.8 cm³/mol. The third-order valence-electron chi connectivity index (χ3n) is 3.82. The molecule has 2 rings (SSSR count). The summed E-state index contributed by atoms with van der Waals surface area (Å²) in [5.74, 6) is -0.485. The second kappa shape index (κ2) is 6.39. The number of esters is 1. The van der Waals surface area contributed by atoms with Crippen LogP contribution in [0.1, 0.15) is 46.5 Å². The number of rotatable bonds is 2. The second-order valence-electron chi connectivity index (χ2n) is 6.75. The zero-order chi connectivity index (χ0) is 16.3. The van der Waals surface area contributed by atoms with Gasteiger partial charge in [-0.2, -0.15) is 5.26 Å². The first-order valence-corrected chi connectivity index (χ1v) is 7.54. The van der Waals surface area contributed by atoms with Crippen molar-refractivity contribution in [3.05, 3.63) is 11.6 Å². The van der Waals surface area contributed by atoms with E-state index in [1.807, 2.05) is 25.7 Å². The molecule has 0 aliphatic carbocycles. The fraction of sp³-hybridized carbons (Fsp3) is 0.688. The van der Waals surface area contributed by atoms with Crippen LogP contribution in [0, 0.1) is 11.3 Å². The number of hydrogen-bond donors (Lipinski definition) is 0. The van der Waals surface area contributed by atoms with E-state index in [1.54, 1.807) is 6.07 Å². The third kappa shape index (κ3) is 4.00. The van der Waals surface area contributed by atoms with Gasteiger partial charge in [0.2, 0.25) is 0 Å². The molecule has 0 aromatic carbocycles. The lowest BCUT2D eigenvalue weighted by Crippen LogP contribution is -2.47. The number of carbonyl (C=O) groups excluding carboxylic acids is 2. The maximum Gasteiger partial charge on any atom is 0.410 e. The molecule has 0 aromatic rings. The Morgan fingerprint density at radius 3 is 2.41 bits per heavy atom. The van der Waals surface area contributed by atoms with E-state index in [4.69, 9.17) is 14.7 Å². The molecule has 0 radical (unpaired) electrons. The second-order valence-corrected chi connectivity index (χ2v) is 6.75. The molecule has 2 aliphatic heterocycles. The van der Waals surface area contributed by atoms with E-state index >= 15 is 0 Å². The molecule has 22 heavy (non-hydrogen) atoms. The fourth-order valence-corrected chi connectivity index (χ4v) is 3.09. The smallest absolute Gasteiger partial charge is 0.410 e. The Balaban J connectivity index is 2.00. The summed E-state index contributed by atoms with van der Waals surface area (Å²) in [5, 5.41) is 8.40. The number of piperidine rings is 1. The van der Waals surface area contributed by atoms with Crippen molar-refractivity contribution < 1.29 is 19.1 Å². The monoisotopic (exact) mass is 306 g/mol. The number of hydrogen-bond acceptors (Lipinski definition) is 5. The van der Waals surface area contributed by atoms with Gasteiger partial charge in [-0.15, -0.1) is 0 Å². The molecule has 2 atom stereocenters. The van der Waals surface area contributed by atoms with Crippen LogP contribution in [0.15, 0.2) is 11.6 Å². The average Bonchev–Trinajstić information content (AvgIpc) is 2.66. The first-order valence-electron chi connectivity index (χ1n) is 7.54. The standard InChI is InChI=1S/C16H22N2O4/c1-16(2,3)22-15(20)18-12-4-5-13(18)9-11(8-12)10-14(19)21-7-6-17/h10,12-13H,4-5,7-9H2,1-3H3. The number of nitrogens with zero attached hydrogens (tertiary/aromatic N) is 2. The SMILES string of the molecule is CC(C)(C)OC(=O)N1C2CCC1CC(=CC(=O)OCC#N)C2. The van der Waals surface area contributed by atoms with E-state index in [-0.39, 0.29) is 24.8 Å². The van der Waals surface area contributed by atoms with Gasteiger partial charge in [0, 0.05) is 18.2 Å². The molecule has 0 aromatic heterocycles. The molecule has 6 nitrogen and oxygen atoms in total. The van der Waals surface area contributed by atoms with Crippen molar-refractivity contribution in [1.29, 1.82) is 5.26 Å². The molecule has 2 saturated heterocycles. The summed E-state index contributed by atoms with van der Waals surface area (Å²) in [7, 11) is 0. The molecule has 2 heterocycles. The van der Waals surface area contributed by atoms with Crippen molar-refractivity contribution in [1.82, 2.24) is 4.90 Å². The molecule has 0 saturated carbocycles. The Kier molecular flexibility index (Phi) is 4.74. The van der Waals surface area contributed by atoms with E-state index in [2.05, 4.69) is 0 Å². The first-order chi connectivity index (χ1) is 10.3. The van der Waals surface area contributed by atoms with Gasteiger partial charge in [0.25, 0.3) is 0 Å². The molecule has 2 aliphatic rings. The van der Waals surface area contributed by atoms with Crippen LogP contribution in [0.4, 0.5) is 4.79 Å². The number of nitriles is 1. The van der Waals surface area contributed by atoms with E-state index in [9.17, 15) is 9.59 Å². The highest BCUT2D eigenvalue weighted by Gasteiger charge is 2.43. The van der Waals surface area contributed by atoms with Crippen LogP contribution in [0.2, 0.25) is 0 Å². The summed E-state index contributed by atoms with van der Waals surface area (Å²) in [4.78, 5) is 25.7. The number of ether oxygens (including phenoxy) is 2. The molecule has 120 valence electrons. The lowest BCUT2D eigenvalue weighted by atomic mass is 9.97. The van der Waals surface area contributed by atoms with Gasteiger partial charge in [0.05, 0.1) is 0 Å². The highest BCUT2D eigenvalue weighted by molar-refractivity contribution is 5.83. The summed E-state index contributed by atoms with van der Waals surface area (Å²) in [5.41, 5.74) is 0.476. The first kappa shape index (κ1) is 16.3. The normalized spacial score (nSPS) is 23.7.